The molecule has 2 aromatic rings. The van der Waals surface area contributed by atoms with E-state index >= 15 is 0 Å². The molecule has 0 radical (unpaired) electrons. The highest BCUT2D eigenvalue weighted by molar-refractivity contribution is 8.18. The van der Waals surface area contributed by atoms with Crippen LogP contribution in [0.4, 0.5) is 4.79 Å². The second kappa shape index (κ2) is 8.46. The molecule has 30 heavy (non-hydrogen) atoms. The Hall–Kier alpha value is -2.27. The summed E-state index contributed by atoms with van der Waals surface area (Å²) in [5, 5.41) is -0.125. The molecule has 2 fully saturated rings. The molecule has 158 valence electrons. The predicted octanol–water partition coefficient (Wildman–Crippen LogP) is 6.33. The van der Waals surface area contributed by atoms with Crippen LogP contribution in [0.15, 0.2) is 29.2 Å². The van der Waals surface area contributed by atoms with Gasteiger partial charge in [-0.25, -0.2) is 0 Å². The van der Waals surface area contributed by atoms with Crippen molar-refractivity contribution in [1.82, 2.24) is 9.47 Å². The Balaban J connectivity index is 1.63. The van der Waals surface area contributed by atoms with Gasteiger partial charge < -0.3 is 4.57 Å². The maximum absolute atomic E-state index is 13.0. The van der Waals surface area contributed by atoms with Crippen LogP contribution < -0.4 is 0 Å². The van der Waals surface area contributed by atoms with Crippen molar-refractivity contribution in [1.29, 1.82) is 0 Å². The minimum atomic E-state index is -0.132. The first-order valence-electron chi connectivity index (χ1n) is 10.9. The highest BCUT2D eigenvalue weighted by atomic mass is 32.2. The van der Waals surface area contributed by atoms with E-state index in [0.717, 1.165) is 41.6 Å². The van der Waals surface area contributed by atoms with Gasteiger partial charge in [0.05, 0.1) is 10.6 Å². The highest BCUT2D eigenvalue weighted by Gasteiger charge is 2.36. The molecule has 2 heterocycles. The monoisotopic (exact) mass is 422 g/mol. The summed E-state index contributed by atoms with van der Waals surface area (Å²) in [7, 11) is 0. The van der Waals surface area contributed by atoms with E-state index in [1.165, 1.54) is 41.0 Å². The van der Waals surface area contributed by atoms with E-state index < -0.39 is 0 Å². The zero-order chi connectivity index (χ0) is 21.4. The fraction of sp³-hybridized carbons (Fsp3) is 0.440. The van der Waals surface area contributed by atoms with Crippen LogP contribution >= 0.6 is 11.8 Å². The molecule has 0 N–H and O–H groups in total. The van der Waals surface area contributed by atoms with Crippen LogP contribution in [0.2, 0.25) is 0 Å². The zero-order valence-corrected chi connectivity index (χ0v) is 19.1. The van der Waals surface area contributed by atoms with E-state index in [-0.39, 0.29) is 11.1 Å². The van der Waals surface area contributed by atoms with E-state index in [4.69, 9.17) is 0 Å². The smallest absolute Gasteiger partial charge is 0.293 e. The third-order valence-electron chi connectivity index (χ3n) is 6.46. The molecule has 0 bridgehead atoms. The summed E-state index contributed by atoms with van der Waals surface area (Å²) < 4.78 is 2.25. The molecule has 1 aromatic carbocycles. The molecule has 4 nitrogen and oxygen atoms in total. The van der Waals surface area contributed by atoms with Crippen LogP contribution in [0, 0.1) is 33.6 Å². The summed E-state index contributed by atoms with van der Waals surface area (Å²) in [6.45, 7) is 8.99. The van der Waals surface area contributed by atoms with E-state index in [2.05, 4.69) is 56.5 Å². The van der Waals surface area contributed by atoms with Crippen molar-refractivity contribution >= 4 is 29.0 Å². The Bertz CT molecular complexity index is 1010. The predicted molar refractivity (Wildman–Crippen MR) is 124 cm³/mol. The average molecular weight is 423 g/mol. The number of aromatic nitrogens is 1. The van der Waals surface area contributed by atoms with Crippen LogP contribution in [0.25, 0.3) is 11.8 Å². The van der Waals surface area contributed by atoms with Crippen LogP contribution in [0.1, 0.15) is 60.2 Å². The summed E-state index contributed by atoms with van der Waals surface area (Å²) in [6, 6.07) is 8.43. The summed E-state index contributed by atoms with van der Waals surface area (Å²) in [4.78, 5) is 27.5. The van der Waals surface area contributed by atoms with Crippen molar-refractivity contribution in [3.63, 3.8) is 0 Å². The molecule has 0 unspecified atom stereocenters. The minimum Gasteiger partial charge on any atom is -0.317 e. The molecule has 2 amide bonds. The normalized spacial score (nSPS) is 19.3. The molecular weight excluding hydrogens is 392 g/mol. The first-order valence-corrected chi connectivity index (χ1v) is 11.7. The fourth-order valence-electron chi connectivity index (χ4n) is 4.86. The number of rotatable bonds is 4. The standard InChI is InChI=1S/C25H30N2O2S/c1-16-9-8-10-17(2)23(16)27-18(3)13-21(19(27)4)14-22-24(28)26(25(29)30-22)15-20-11-6-5-7-12-20/h8-10,13-14,20H,5-7,11-12,15H2,1-4H3/b22-14+. The second-order valence-corrected chi connectivity index (χ2v) is 9.69. The quantitative estimate of drug-likeness (QED) is 0.541. The SMILES string of the molecule is Cc1cccc(C)c1-n1c(C)cc(/C=C2/SC(=O)N(CC3CCCCC3)C2=O)c1C. The Morgan fingerprint density at radius 1 is 1.03 bits per heavy atom. The van der Waals surface area contributed by atoms with Crippen molar-refractivity contribution in [2.45, 2.75) is 59.8 Å². The second-order valence-electron chi connectivity index (χ2n) is 8.70. The van der Waals surface area contributed by atoms with Gasteiger partial charge in [-0.1, -0.05) is 37.5 Å². The number of carbonyl (C=O) groups excluding carboxylic acids is 2. The Labute approximate surface area is 183 Å². The lowest BCUT2D eigenvalue weighted by Gasteiger charge is -2.25. The summed E-state index contributed by atoms with van der Waals surface area (Å²) >= 11 is 1.08. The first-order chi connectivity index (χ1) is 14.4. The Kier molecular flexibility index (Phi) is 5.92. The van der Waals surface area contributed by atoms with Crippen molar-refractivity contribution in [2.24, 2.45) is 5.92 Å². The molecule has 1 aliphatic heterocycles. The van der Waals surface area contributed by atoms with Gasteiger partial charge in [-0.3, -0.25) is 14.5 Å². The molecule has 5 heteroatoms. The number of carbonyl (C=O) groups is 2. The van der Waals surface area contributed by atoms with Crippen LogP contribution in [0.5, 0.6) is 0 Å². The van der Waals surface area contributed by atoms with E-state index in [1.807, 2.05) is 6.08 Å². The number of nitrogens with zero attached hydrogens (tertiary/aromatic N) is 2. The van der Waals surface area contributed by atoms with Gasteiger partial charge in [-0.15, -0.1) is 0 Å². The van der Waals surface area contributed by atoms with Gasteiger partial charge >= 0.3 is 0 Å². The molecule has 0 atom stereocenters. The number of thioether (sulfide) groups is 1. The van der Waals surface area contributed by atoms with Crippen molar-refractivity contribution in [3.8, 4) is 5.69 Å². The van der Waals surface area contributed by atoms with Gasteiger partial charge in [0, 0.05) is 17.9 Å². The molecule has 0 spiro atoms. The molecule has 1 aliphatic carbocycles. The molecular formula is C25H30N2O2S. The number of imide groups is 1. The minimum absolute atomic E-state index is 0.125. The van der Waals surface area contributed by atoms with E-state index in [1.54, 1.807) is 0 Å². The summed E-state index contributed by atoms with van der Waals surface area (Å²) in [6.07, 6.45) is 7.84. The van der Waals surface area contributed by atoms with E-state index in [0.29, 0.717) is 17.4 Å². The zero-order valence-electron chi connectivity index (χ0n) is 18.3. The van der Waals surface area contributed by atoms with Gasteiger partial charge in [-0.05, 0) is 87.0 Å². The molecule has 1 saturated heterocycles. The average Bonchev–Trinajstić information content (AvgIpc) is 3.13. The van der Waals surface area contributed by atoms with Gasteiger partial charge in [0.15, 0.2) is 0 Å². The number of para-hydroxylation sites is 1. The maximum atomic E-state index is 13.0. The van der Waals surface area contributed by atoms with E-state index in [9.17, 15) is 9.59 Å². The third-order valence-corrected chi connectivity index (χ3v) is 7.37. The third kappa shape index (κ3) is 3.87. The van der Waals surface area contributed by atoms with Crippen molar-refractivity contribution in [2.75, 3.05) is 6.54 Å². The largest absolute Gasteiger partial charge is 0.317 e. The van der Waals surface area contributed by atoms with Gasteiger partial charge in [0.2, 0.25) is 0 Å². The number of aryl methyl sites for hydroxylation is 3. The van der Waals surface area contributed by atoms with Gasteiger partial charge in [0.25, 0.3) is 11.1 Å². The van der Waals surface area contributed by atoms with Gasteiger partial charge in [-0.2, -0.15) is 0 Å². The number of hydrogen-bond acceptors (Lipinski definition) is 3. The lowest BCUT2D eigenvalue weighted by atomic mass is 9.89. The summed E-state index contributed by atoms with van der Waals surface area (Å²) in [5.41, 5.74) is 6.84. The fourth-order valence-corrected chi connectivity index (χ4v) is 5.70. The maximum Gasteiger partial charge on any atom is 0.293 e. The van der Waals surface area contributed by atoms with Crippen molar-refractivity contribution in [3.05, 3.63) is 57.2 Å². The lowest BCUT2D eigenvalue weighted by molar-refractivity contribution is -0.123. The Morgan fingerprint density at radius 3 is 2.37 bits per heavy atom. The topological polar surface area (TPSA) is 42.3 Å². The first kappa shape index (κ1) is 21.0. The Morgan fingerprint density at radius 2 is 1.70 bits per heavy atom. The van der Waals surface area contributed by atoms with Crippen molar-refractivity contribution < 1.29 is 9.59 Å². The molecule has 2 aliphatic rings. The molecule has 4 rings (SSSR count). The van der Waals surface area contributed by atoms with Crippen LogP contribution in [-0.4, -0.2) is 27.2 Å². The lowest BCUT2D eigenvalue weighted by Crippen LogP contribution is -2.34. The summed E-state index contributed by atoms with van der Waals surface area (Å²) in [5.74, 6) is 0.327. The van der Waals surface area contributed by atoms with Crippen LogP contribution in [0.3, 0.4) is 0 Å². The van der Waals surface area contributed by atoms with Crippen LogP contribution in [-0.2, 0) is 4.79 Å². The highest BCUT2D eigenvalue weighted by Crippen LogP contribution is 2.36. The van der Waals surface area contributed by atoms with Gasteiger partial charge in [0.1, 0.15) is 0 Å². The number of amides is 2. The number of benzene rings is 1. The molecule has 1 aromatic heterocycles. The molecule has 1 saturated carbocycles. The number of hydrogen-bond donors (Lipinski definition) is 0.